The molecule has 7 heteroatoms. The summed E-state index contributed by atoms with van der Waals surface area (Å²) in [7, 11) is 0. The first-order chi connectivity index (χ1) is 15.7. The zero-order chi connectivity index (χ0) is 21.9. The minimum atomic E-state index is 0.0837. The molecular formula is C25H23ClN4OS. The number of likely N-dealkylation sites (tertiary alicyclic amines) is 1. The van der Waals surface area contributed by atoms with Crippen molar-refractivity contribution < 1.29 is 4.79 Å². The standard InChI is InChI=1S/C25H23ClN4OS/c26-21-10-12-22(13-11-21)32-17-18-6-8-19(9-7-18)25(31)29-14-3-4-20(16-29)24-28-27-23-5-1-2-15-30(23)24/h1-2,5-13,15,20H,3-4,14,16-17H2/t20-/m1/s1. The number of hydrogen-bond acceptors (Lipinski definition) is 4. The lowest BCUT2D eigenvalue weighted by Gasteiger charge is -2.32. The Hall–Kier alpha value is -2.83. The van der Waals surface area contributed by atoms with E-state index in [-0.39, 0.29) is 11.8 Å². The van der Waals surface area contributed by atoms with Gasteiger partial charge in [0.25, 0.3) is 5.91 Å². The number of piperidine rings is 1. The summed E-state index contributed by atoms with van der Waals surface area (Å²) in [5.41, 5.74) is 2.77. The molecule has 1 aliphatic rings. The molecule has 32 heavy (non-hydrogen) atoms. The third-order valence-corrected chi connectivity index (χ3v) is 7.17. The molecule has 0 N–H and O–H groups in total. The molecule has 162 valence electrons. The topological polar surface area (TPSA) is 50.5 Å². The Morgan fingerprint density at radius 3 is 2.66 bits per heavy atom. The van der Waals surface area contributed by atoms with Crippen LogP contribution in [0.15, 0.2) is 77.8 Å². The number of carbonyl (C=O) groups is 1. The van der Waals surface area contributed by atoms with Crippen LogP contribution in [0.4, 0.5) is 0 Å². The summed E-state index contributed by atoms with van der Waals surface area (Å²) in [4.78, 5) is 16.3. The van der Waals surface area contributed by atoms with E-state index in [0.717, 1.165) is 47.2 Å². The largest absolute Gasteiger partial charge is 0.338 e. The summed E-state index contributed by atoms with van der Waals surface area (Å²) in [5, 5.41) is 9.43. The highest BCUT2D eigenvalue weighted by molar-refractivity contribution is 7.98. The molecule has 0 unspecified atom stereocenters. The number of benzene rings is 2. The van der Waals surface area contributed by atoms with Gasteiger partial charge < -0.3 is 4.90 Å². The fourth-order valence-electron chi connectivity index (χ4n) is 4.13. The number of halogens is 1. The lowest BCUT2D eigenvalue weighted by Crippen LogP contribution is -2.39. The predicted octanol–water partition coefficient (Wildman–Crippen LogP) is 5.69. The van der Waals surface area contributed by atoms with E-state index >= 15 is 0 Å². The number of amides is 1. The number of nitrogens with zero attached hydrogens (tertiary/aromatic N) is 4. The fraction of sp³-hybridized carbons (Fsp3) is 0.240. The van der Waals surface area contributed by atoms with Crippen molar-refractivity contribution in [2.24, 2.45) is 0 Å². The van der Waals surface area contributed by atoms with Crippen LogP contribution < -0.4 is 0 Å². The van der Waals surface area contributed by atoms with E-state index in [0.29, 0.717) is 6.54 Å². The van der Waals surface area contributed by atoms with Crippen LogP contribution >= 0.6 is 23.4 Å². The number of carbonyl (C=O) groups excluding carboxylic acids is 1. The average molecular weight is 463 g/mol. The molecule has 1 amide bonds. The summed E-state index contributed by atoms with van der Waals surface area (Å²) in [5.74, 6) is 2.07. The Labute approximate surface area is 196 Å². The van der Waals surface area contributed by atoms with Crippen LogP contribution in [0.25, 0.3) is 5.65 Å². The van der Waals surface area contributed by atoms with Crippen LogP contribution in [0.1, 0.15) is 40.5 Å². The van der Waals surface area contributed by atoms with Crippen LogP contribution in [0.2, 0.25) is 5.02 Å². The molecule has 0 bridgehead atoms. The molecule has 4 aromatic rings. The molecule has 1 atom stereocenters. The Kier molecular flexibility index (Phi) is 6.14. The van der Waals surface area contributed by atoms with Gasteiger partial charge in [-0.2, -0.15) is 0 Å². The Morgan fingerprint density at radius 1 is 1.03 bits per heavy atom. The monoisotopic (exact) mass is 462 g/mol. The third kappa shape index (κ3) is 4.52. The zero-order valence-corrected chi connectivity index (χ0v) is 19.1. The Balaban J connectivity index is 1.24. The Bertz CT molecular complexity index is 1220. The van der Waals surface area contributed by atoms with Crippen LogP contribution in [-0.2, 0) is 5.75 Å². The highest BCUT2D eigenvalue weighted by Gasteiger charge is 2.28. The van der Waals surface area contributed by atoms with Crippen LogP contribution in [-0.4, -0.2) is 38.5 Å². The van der Waals surface area contributed by atoms with Crippen LogP contribution in [0.3, 0.4) is 0 Å². The number of fused-ring (bicyclic) bond motifs is 1. The first kappa shape index (κ1) is 21.0. The molecule has 0 saturated carbocycles. The first-order valence-electron chi connectivity index (χ1n) is 10.7. The average Bonchev–Trinajstić information content (AvgIpc) is 3.28. The normalized spacial score (nSPS) is 16.4. The molecule has 1 aliphatic heterocycles. The van der Waals surface area contributed by atoms with Crippen LogP contribution in [0, 0.1) is 0 Å². The predicted molar refractivity (Wildman–Crippen MR) is 128 cm³/mol. The second-order valence-electron chi connectivity index (χ2n) is 8.02. The van der Waals surface area contributed by atoms with Crippen molar-refractivity contribution in [3.05, 3.63) is 94.9 Å². The summed E-state index contributed by atoms with van der Waals surface area (Å²) < 4.78 is 2.03. The summed E-state index contributed by atoms with van der Waals surface area (Å²) in [6.45, 7) is 1.45. The van der Waals surface area contributed by atoms with Gasteiger partial charge >= 0.3 is 0 Å². The van der Waals surface area contributed by atoms with Crippen molar-refractivity contribution in [2.75, 3.05) is 13.1 Å². The molecule has 0 radical (unpaired) electrons. The molecule has 2 aromatic carbocycles. The van der Waals surface area contributed by atoms with Crippen molar-refractivity contribution in [2.45, 2.75) is 29.4 Å². The number of pyridine rings is 1. The minimum Gasteiger partial charge on any atom is -0.338 e. The van der Waals surface area contributed by atoms with Gasteiger partial charge in [0.05, 0.1) is 0 Å². The van der Waals surface area contributed by atoms with Crippen molar-refractivity contribution >= 4 is 34.9 Å². The van der Waals surface area contributed by atoms with Gasteiger partial charge in [0, 0.05) is 46.4 Å². The molecule has 5 rings (SSSR count). The first-order valence-corrected chi connectivity index (χ1v) is 12.1. The SMILES string of the molecule is O=C(c1ccc(CSc2ccc(Cl)cc2)cc1)N1CCC[C@@H](c2nnc3ccccn23)C1. The van der Waals surface area contributed by atoms with Gasteiger partial charge in [-0.3, -0.25) is 9.20 Å². The van der Waals surface area contributed by atoms with Crippen molar-refractivity contribution in [1.82, 2.24) is 19.5 Å². The van der Waals surface area contributed by atoms with E-state index in [1.165, 1.54) is 10.5 Å². The van der Waals surface area contributed by atoms with Gasteiger partial charge in [0.15, 0.2) is 5.65 Å². The van der Waals surface area contributed by atoms with Gasteiger partial charge in [0.2, 0.25) is 0 Å². The molecule has 1 saturated heterocycles. The van der Waals surface area contributed by atoms with E-state index in [9.17, 15) is 4.79 Å². The van der Waals surface area contributed by atoms with Gasteiger partial charge in [-0.05, 0) is 66.9 Å². The van der Waals surface area contributed by atoms with E-state index < -0.39 is 0 Å². The highest BCUT2D eigenvalue weighted by atomic mass is 35.5. The summed E-state index contributed by atoms with van der Waals surface area (Å²) in [6, 6.07) is 21.7. The van der Waals surface area contributed by atoms with Gasteiger partial charge in [-0.25, -0.2) is 0 Å². The third-order valence-electron chi connectivity index (χ3n) is 5.83. The van der Waals surface area contributed by atoms with Crippen LogP contribution in [0.5, 0.6) is 0 Å². The molecule has 2 aromatic heterocycles. The van der Waals surface area contributed by atoms with Crippen molar-refractivity contribution in [1.29, 1.82) is 0 Å². The summed E-state index contributed by atoms with van der Waals surface area (Å²) in [6.07, 6.45) is 3.97. The smallest absolute Gasteiger partial charge is 0.253 e. The van der Waals surface area contributed by atoms with Gasteiger partial charge in [-0.1, -0.05) is 29.8 Å². The second-order valence-corrected chi connectivity index (χ2v) is 9.50. The maximum atomic E-state index is 13.2. The minimum absolute atomic E-state index is 0.0837. The molecule has 0 spiro atoms. The molecule has 5 nitrogen and oxygen atoms in total. The zero-order valence-electron chi connectivity index (χ0n) is 17.5. The molecular weight excluding hydrogens is 440 g/mol. The fourth-order valence-corrected chi connectivity index (χ4v) is 5.11. The summed E-state index contributed by atoms with van der Waals surface area (Å²) >= 11 is 7.71. The maximum Gasteiger partial charge on any atom is 0.253 e. The number of rotatable bonds is 5. The number of thioether (sulfide) groups is 1. The maximum absolute atomic E-state index is 13.2. The van der Waals surface area contributed by atoms with E-state index in [1.807, 2.05) is 82.2 Å². The van der Waals surface area contributed by atoms with Crippen molar-refractivity contribution in [3.8, 4) is 0 Å². The quantitative estimate of drug-likeness (QED) is 0.357. The molecule has 3 heterocycles. The van der Waals surface area contributed by atoms with E-state index in [4.69, 9.17) is 11.6 Å². The highest BCUT2D eigenvalue weighted by Crippen LogP contribution is 2.28. The molecule has 0 aliphatic carbocycles. The molecule has 1 fully saturated rings. The van der Waals surface area contributed by atoms with Crippen molar-refractivity contribution in [3.63, 3.8) is 0 Å². The Morgan fingerprint density at radius 2 is 1.84 bits per heavy atom. The number of hydrogen-bond donors (Lipinski definition) is 0. The lowest BCUT2D eigenvalue weighted by atomic mass is 9.96. The number of aromatic nitrogens is 3. The second kappa shape index (κ2) is 9.35. The van der Waals surface area contributed by atoms with Gasteiger partial charge in [0.1, 0.15) is 5.82 Å². The van der Waals surface area contributed by atoms with E-state index in [2.05, 4.69) is 10.2 Å². The lowest BCUT2D eigenvalue weighted by molar-refractivity contribution is 0.0704. The van der Waals surface area contributed by atoms with Gasteiger partial charge in [-0.15, -0.1) is 22.0 Å². The van der Waals surface area contributed by atoms with E-state index in [1.54, 1.807) is 11.8 Å².